The summed E-state index contributed by atoms with van der Waals surface area (Å²) in [5.41, 5.74) is 13.1. The molecule has 156 valence electrons. The van der Waals surface area contributed by atoms with E-state index in [0.717, 1.165) is 27.8 Å². The Morgan fingerprint density at radius 1 is 0.625 bits per heavy atom. The third kappa shape index (κ3) is 3.89. The maximum absolute atomic E-state index is 6.50. The molecule has 5 aromatic rings. The highest BCUT2D eigenvalue weighted by Gasteiger charge is 2.15. The summed E-state index contributed by atoms with van der Waals surface area (Å²) in [6, 6.07) is 34.3. The molecule has 5 rings (SSSR count). The molecule has 0 fully saturated rings. The van der Waals surface area contributed by atoms with Gasteiger partial charge in [0, 0.05) is 11.1 Å². The van der Waals surface area contributed by atoms with E-state index in [1.807, 2.05) is 89.9 Å². The van der Waals surface area contributed by atoms with Gasteiger partial charge in [0.2, 0.25) is 0 Å². The van der Waals surface area contributed by atoms with Crippen molar-refractivity contribution >= 4 is 45.2 Å². The van der Waals surface area contributed by atoms with Gasteiger partial charge >= 0.3 is 0 Å². The number of benzene rings is 4. The Balaban J connectivity index is 1.50. The molecule has 0 saturated heterocycles. The number of nitrogens with two attached hydrogens (primary N) is 1. The minimum Gasteiger partial charge on any atom is -0.393 e. The Morgan fingerprint density at radius 2 is 1.22 bits per heavy atom. The molecule has 0 aliphatic heterocycles. The lowest BCUT2D eigenvalue weighted by molar-refractivity contribution is 1.09. The first-order valence-corrected chi connectivity index (χ1v) is 10.3. The number of nitrogens with zero attached hydrogens (tertiary/aromatic N) is 3. The Bertz CT molecular complexity index is 1290. The van der Waals surface area contributed by atoms with Crippen molar-refractivity contribution in [3.05, 3.63) is 109 Å². The van der Waals surface area contributed by atoms with Crippen molar-refractivity contribution in [3.8, 4) is 0 Å². The third-order valence-corrected chi connectivity index (χ3v) is 5.17. The van der Waals surface area contributed by atoms with Gasteiger partial charge in [0.15, 0.2) is 11.6 Å². The number of aromatic nitrogens is 2. The number of hydrogen-bond donors (Lipinski definition) is 3. The first-order chi connectivity index (χ1) is 15.8. The fourth-order valence-electron chi connectivity index (χ4n) is 3.58. The van der Waals surface area contributed by atoms with Crippen molar-refractivity contribution < 1.29 is 0 Å². The second-order valence-corrected chi connectivity index (χ2v) is 7.25. The molecule has 1 aromatic heterocycles. The standard InChI is InChI=1S/C26H22N6/c27-24-25(30-23-17-9-11-19-10-7-8-16-22(19)23)28-18-29-26(24)31-32(20-12-3-1-4-13-20)21-14-5-2-6-15-21/h1-18H,27H2,(H2,28,29,30,31). The van der Waals surface area contributed by atoms with Crippen LogP contribution in [0.3, 0.4) is 0 Å². The highest BCUT2D eigenvalue weighted by atomic mass is 15.5. The number of nitrogens with one attached hydrogen (secondary N) is 2. The molecule has 4 N–H and O–H groups in total. The fourth-order valence-corrected chi connectivity index (χ4v) is 3.58. The van der Waals surface area contributed by atoms with Gasteiger partial charge in [-0.3, -0.25) is 10.4 Å². The first-order valence-electron chi connectivity index (χ1n) is 10.3. The van der Waals surface area contributed by atoms with Gasteiger partial charge in [-0.15, -0.1) is 0 Å². The summed E-state index contributed by atoms with van der Waals surface area (Å²) >= 11 is 0. The Hall–Kier alpha value is -4.58. The van der Waals surface area contributed by atoms with Gasteiger partial charge in [0.1, 0.15) is 12.0 Å². The number of nitrogen functional groups attached to an aromatic ring is 1. The number of hydrogen-bond acceptors (Lipinski definition) is 6. The van der Waals surface area contributed by atoms with Gasteiger partial charge in [0.25, 0.3) is 0 Å². The van der Waals surface area contributed by atoms with Crippen molar-refractivity contribution in [1.82, 2.24) is 9.97 Å². The number of hydrazine groups is 1. The summed E-state index contributed by atoms with van der Waals surface area (Å²) in [5.74, 6) is 1.05. The van der Waals surface area contributed by atoms with E-state index >= 15 is 0 Å². The predicted molar refractivity (Wildman–Crippen MR) is 132 cm³/mol. The van der Waals surface area contributed by atoms with Crippen LogP contribution in [-0.2, 0) is 0 Å². The molecule has 0 aliphatic rings. The minimum absolute atomic E-state index is 0.428. The molecule has 0 aliphatic carbocycles. The van der Waals surface area contributed by atoms with Crippen LogP contribution in [0, 0.1) is 0 Å². The highest BCUT2D eigenvalue weighted by molar-refractivity contribution is 5.96. The van der Waals surface area contributed by atoms with Crippen LogP contribution in [0.25, 0.3) is 10.8 Å². The largest absolute Gasteiger partial charge is 0.393 e. The van der Waals surface area contributed by atoms with Crippen LogP contribution >= 0.6 is 0 Å². The normalized spacial score (nSPS) is 10.6. The van der Waals surface area contributed by atoms with E-state index in [4.69, 9.17) is 5.73 Å². The van der Waals surface area contributed by atoms with Crippen LogP contribution in [0.1, 0.15) is 0 Å². The number of anilines is 6. The van der Waals surface area contributed by atoms with Crippen molar-refractivity contribution in [2.75, 3.05) is 21.5 Å². The molecule has 4 aromatic carbocycles. The van der Waals surface area contributed by atoms with Crippen LogP contribution < -0.4 is 21.5 Å². The van der Waals surface area contributed by atoms with Gasteiger partial charge in [-0.2, -0.15) is 0 Å². The van der Waals surface area contributed by atoms with Gasteiger partial charge in [-0.05, 0) is 35.7 Å². The number of para-hydroxylation sites is 2. The third-order valence-electron chi connectivity index (χ3n) is 5.17. The molecule has 0 atom stereocenters. The molecule has 0 spiro atoms. The molecular weight excluding hydrogens is 396 g/mol. The summed E-state index contributed by atoms with van der Waals surface area (Å²) in [6.07, 6.45) is 1.50. The lowest BCUT2D eigenvalue weighted by Gasteiger charge is -2.27. The second-order valence-electron chi connectivity index (χ2n) is 7.25. The zero-order valence-electron chi connectivity index (χ0n) is 17.3. The lowest BCUT2D eigenvalue weighted by Crippen LogP contribution is -2.26. The summed E-state index contributed by atoms with van der Waals surface area (Å²) in [5, 5.41) is 7.56. The van der Waals surface area contributed by atoms with E-state index in [2.05, 4.69) is 38.9 Å². The monoisotopic (exact) mass is 418 g/mol. The van der Waals surface area contributed by atoms with Crippen LogP contribution in [-0.4, -0.2) is 9.97 Å². The van der Waals surface area contributed by atoms with Gasteiger partial charge in [0.05, 0.1) is 11.4 Å². The Morgan fingerprint density at radius 3 is 1.94 bits per heavy atom. The molecule has 0 bridgehead atoms. The molecule has 32 heavy (non-hydrogen) atoms. The van der Waals surface area contributed by atoms with Crippen molar-refractivity contribution in [2.45, 2.75) is 0 Å². The molecular formula is C26H22N6. The van der Waals surface area contributed by atoms with E-state index in [0.29, 0.717) is 17.3 Å². The molecule has 0 unspecified atom stereocenters. The minimum atomic E-state index is 0.428. The topological polar surface area (TPSA) is 79.1 Å². The van der Waals surface area contributed by atoms with Crippen molar-refractivity contribution in [1.29, 1.82) is 0 Å². The maximum Gasteiger partial charge on any atom is 0.173 e. The molecule has 6 heteroatoms. The summed E-state index contributed by atoms with van der Waals surface area (Å²) in [4.78, 5) is 8.79. The number of fused-ring (bicyclic) bond motifs is 1. The average molecular weight is 419 g/mol. The van der Waals surface area contributed by atoms with Crippen LogP contribution in [0.2, 0.25) is 0 Å². The molecule has 0 saturated carbocycles. The van der Waals surface area contributed by atoms with Crippen molar-refractivity contribution in [3.63, 3.8) is 0 Å². The quantitative estimate of drug-likeness (QED) is 0.288. The lowest BCUT2D eigenvalue weighted by atomic mass is 10.1. The van der Waals surface area contributed by atoms with Gasteiger partial charge < -0.3 is 11.1 Å². The second kappa shape index (κ2) is 8.65. The molecule has 6 nitrogen and oxygen atoms in total. The first kappa shape index (κ1) is 19.4. The molecule has 0 radical (unpaired) electrons. The van der Waals surface area contributed by atoms with Gasteiger partial charge in [-0.25, -0.2) is 9.97 Å². The van der Waals surface area contributed by atoms with Crippen molar-refractivity contribution in [2.24, 2.45) is 0 Å². The Kier molecular flexibility index (Phi) is 5.24. The highest BCUT2D eigenvalue weighted by Crippen LogP contribution is 2.32. The van der Waals surface area contributed by atoms with E-state index < -0.39 is 0 Å². The maximum atomic E-state index is 6.50. The molecule has 0 amide bonds. The van der Waals surface area contributed by atoms with E-state index in [9.17, 15) is 0 Å². The smallest absolute Gasteiger partial charge is 0.173 e. The zero-order valence-corrected chi connectivity index (χ0v) is 17.3. The summed E-state index contributed by atoms with van der Waals surface area (Å²) in [6.45, 7) is 0. The SMILES string of the molecule is Nc1c(Nc2cccc3ccccc23)ncnc1NN(c1ccccc1)c1ccccc1. The average Bonchev–Trinajstić information content (AvgIpc) is 2.86. The Labute approximate surface area is 186 Å². The van der Waals surface area contributed by atoms with E-state index in [1.165, 1.54) is 6.33 Å². The fraction of sp³-hybridized carbons (Fsp3) is 0. The predicted octanol–water partition coefficient (Wildman–Crippen LogP) is 6.12. The van der Waals surface area contributed by atoms with Gasteiger partial charge in [-0.1, -0.05) is 72.8 Å². The number of rotatable bonds is 6. The van der Waals surface area contributed by atoms with E-state index in [1.54, 1.807) is 0 Å². The summed E-state index contributed by atoms with van der Waals surface area (Å²) < 4.78 is 0. The van der Waals surface area contributed by atoms with Crippen LogP contribution in [0.4, 0.5) is 34.4 Å². The van der Waals surface area contributed by atoms with Crippen LogP contribution in [0.15, 0.2) is 109 Å². The molecule has 1 heterocycles. The van der Waals surface area contributed by atoms with E-state index in [-0.39, 0.29) is 0 Å². The zero-order chi connectivity index (χ0) is 21.8. The van der Waals surface area contributed by atoms with Crippen LogP contribution in [0.5, 0.6) is 0 Å². The summed E-state index contributed by atoms with van der Waals surface area (Å²) in [7, 11) is 0.